The van der Waals surface area contributed by atoms with E-state index in [1.165, 1.54) is 24.8 Å². The van der Waals surface area contributed by atoms with Gasteiger partial charge >= 0.3 is 0 Å². The molecule has 21 heavy (non-hydrogen) atoms. The minimum Gasteiger partial charge on any atom is -0.377 e. The summed E-state index contributed by atoms with van der Waals surface area (Å²) in [5.41, 5.74) is 1.11. The van der Waals surface area contributed by atoms with E-state index in [0.717, 1.165) is 32.2 Å². The van der Waals surface area contributed by atoms with Crippen molar-refractivity contribution in [2.45, 2.75) is 63.5 Å². The Morgan fingerprint density at radius 2 is 1.86 bits per heavy atom. The molecule has 1 atom stereocenters. The minimum atomic E-state index is -0.170. The molecule has 2 nitrogen and oxygen atoms in total. The van der Waals surface area contributed by atoms with Crippen molar-refractivity contribution in [3.8, 4) is 0 Å². The summed E-state index contributed by atoms with van der Waals surface area (Å²) in [5.74, 6) is -0.170. The third-order valence-electron chi connectivity index (χ3n) is 4.74. The van der Waals surface area contributed by atoms with Crippen molar-refractivity contribution >= 4 is 0 Å². The molecule has 1 aliphatic carbocycles. The Morgan fingerprint density at radius 3 is 2.43 bits per heavy atom. The van der Waals surface area contributed by atoms with Crippen LogP contribution in [0.3, 0.4) is 0 Å². The molecule has 1 fully saturated rings. The summed E-state index contributed by atoms with van der Waals surface area (Å²) >= 11 is 0. The van der Waals surface area contributed by atoms with Crippen molar-refractivity contribution in [1.82, 2.24) is 5.32 Å². The Morgan fingerprint density at radius 1 is 1.19 bits per heavy atom. The highest BCUT2D eigenvalue weighted by Gasteiger charge is 2.39. The van der Waals surface area contributed by atoms with Crippen molar-refractivity contribution in [2.75, 3.05) is 13.7 Å². The molecular formula is C18H28FNO. The number of hydrogen-bond donors (Lipinski definition) is 1. The zero-order valence-corrected chi connectivity index (χ0v) is 13.3. The number of methoxy groups -OCH3 is 1. The van der Waals surface area contributed by atoms with E-state index >= 15 is 0 Å². The van der Waals surface area contributed by atoms with E-state index in [0.29, 0.717) is 6.04 Å². The normalized spacial score (nSPS) is 19.4. The van der Waals surface area contributed by atoms with Crippen molar-refractivity contribution in [1.29, 1.82) is 0 Å². The highest BCUT2D eigenvalue weighted by atomic mass is 19.1. The van der Waals surface area contributed by atoms with Gasteiger partial charge in [-0.15, -0.1) is 0 Å². The summed E-state index contributed by atoms with van der Waals surface area (Å²) in [4.78, 5) is 0. The van der Waals surface area contributed by atoms with Crippen LogP contribution >= 0.6 is 0 Å². The van der Waals surface area contributed by atoms with Gasteiger partial charge in [0.25, 0.3) is 0 Å². The average Bonchev–Trinajstić information content (AvgIpc) is 2.54. The summed E-state index contributed by atoms with van der Waals surface area (Å²) in [6, 6.07) is 7.18. The fraction of sp³-hybridized carbons (Fsp3) is 0.667. The molecule has 1 saturated carbocycles. The highest BCUT2D eigenvalue weighted by Crippen LogP contribution is 2.35. The first-order chi connectivity index (χ1) is 10.2. The van der Waals surface area contributed by atoms with Crippen molar-refractivity contribution < 1.29 is 9.13 Å². The van der Waals surface area contributed by atoms with Crippen LogP contribution in [0.15, 0.2) is 24.3 Å². The third-order valence-corrected chi connectivity index (χ3v) is 4.74. The van der Waals surface area contributed by atoms with Crippen molar-refractivity contribution in [3.63, 3.8) is 0 Å². The highest BCUT2D eigenvalue weighted by molar-refractivity contribution is 5.18. The molecule has 0 radical (unpaired) electrons. The third kappa shape index (κ3) is 4.27. The fourth-order valence-electron chi connectivity index (χ4n) is 3.46. The number of rotatable bonds is 7. The zero-order valence-electron chi connectivity index (χ0n) is 13.3. The lowest BCUT2D eigenvalue weighted by Gasteiger charge is -2.43. The lowest BCUT2D eigenvalue weighted by molar-refractivity contribution is -0.0672. The Balaban J connectivity index is 2.13. The summed E-state index contributed by atoms with van der Waals surface area (Å²) in [7, 11) is 1.84. The molecule has 1 aliphatic rings. The van der Waals surface area contributed by atoms with Crippen LogP contribution in [-0.4, -0.2) is 25.3 Å². The van der Waals surface area contributed by atoms with Gasteiger partial charge in [-0.25, -0.2) is 4.39 Å². The molecule has 0 aromatic heterocycles. The first kappa shape index (κ1) is 16.4. The minimum absolute atomic E-state index is 0.0677. The molecule has 118 valence electrons. The van der Waals surface area contributed by atoms with Gasteiger partial charge in [0.15, 0.2) is 0 Å². The lowest BCUT2D eigenvalue weighted by Crippen LogP contribution is -2.54. The molecule has 1 aromatic carbocycles. The Kier molecular flexibility index (Phi) is 6.19. The van der Waals surface area contributed by atoms with Gasteiger partial charge in [0.1, 0.15) is 5.82 Å². The molecule has 1 aromatic rings. The number of ether oxygens (including phenoxy) is 1. The second kappa shape index (κ2) is 7.90. The molecule has 0 bridgehead atoms. The van der Waals surface area contributed by atoms with E-state index in [1.54, 1.807) is 12.1 Å². The molecule has 0 amide bonds. The second-order valence-electron chi connectivity index (χ2n) is 6.17. The SMILES string of the molecule is CCCNC(Cc1ccc(F)cc1)C1(OC)CCCCC1. The predicted molar refractivity (Wildman–Crippen MR) is 85.0 cm³/mol. The quantitative estimate of drug-likeness (QED) is 0.817. The van der Waals surface area contributed by atoms with E-state index < -0.39 is 0 Å². The van der Waals surface area contributed by atoms with Gasteiger partial charge in [0, 0.05) is 13.2 Å². The topological polar surface area (TPSA) is 21.3 Å². The summed E-state index contributed by atoms with van der Waals surface area (Å²) in [6.07, 6.45) is 8.03. The summed E-state index contributed by atoms with van der Waals surface area (Å²) in [6.45, 7) is 3.18. The van der Waals surface area contributed by atoms with E-state index in [4.69, 9.17) is 4.74 Å². The van der Waals surface area contributed by atoms with E-state index in [9.17, 15) is 4.39 Å². The van der Waals surface area contributed by atoms with Crippen molar-refractivity contribution in [3.05, 3.63) is 35.6 Å². The predicted octanol–water partition coefficient (Wildman–Crippen LogP) is 4.09. The maximum atomic E-state index is 13.1. The molecule has 0 aliphatic heterocycles. The zero-order chi connectivity index (χ0) is 15.1. The fourth-order valence-corrected chi connectivity index (χ4v) is 3.46. The Bertz CT molecular complexity index is 412. The van der Waals surface area contributed by atoms with E-state index in [-0.39, 0.29) is 11.4 Å². The van der Waals surface area contributed by atoms with Crippen LogP contribution in [0.4, 0.5) is 4.39 Å². The van der Waals surface area contributed by atoms with Crippen LogP contribution in [-0.2, 0) is 11.2 Å². The van der Waals surface area contributed by atoms with Crippen LogP contribution in [0.25, 0.3) is 0 Å². The molecule has 2 rings (SSSR count). The molecule has 3 heteroatoms. The molecule has 0 heterocycles. The molecule has 0 spiro atoms. The molecule has 1 unspecified atom stereocenters. The van der Waals surface area contributed by atoms with Crippen LogP contribution < -0.4 is 5.32 Å². The van der Waals surface area contributed by atoms with Gasteiger partial charge in [0.2, 0.25) is 0 Å². The maximum Gasteiger partial charge on any atom is 0.123 e. The van der Waals surface area contributed by atoms with Gasteiger partial charge in [-0.1, -0.05) is 38.3 Å². The van der Waals surface area contributed by atoms with Crippen LogP contribution in [0.2, 0.25) is 0 Å². The van der Waals surface area contributed by atoms with Gasteiger partial charge in [-0.3, -0.25) is 0 Å². The second-order valence-corrected chi connectivity index (χ2v) is 6.17. The summed E-state index contributed by atoms with van der Waals surface area (Å²) in [5, 5.41) is 3.68. The van der Waals surface area contributed by atoms with Crippen LogP contribution in [0.5, 0.6) is 0 Å². The number of nitrogens with one attached hydrogen (secondary N) is 1. The molecule has 0 saturated heterocycles. The standard InChI is InChI=1S/C18H28FNO/c1-3-13-20-17(14-15-7-9-16(19)10-8-15)18(21-2)11-5-4-6-12-18/h7-10,17,20H,3-6,11-14H2,1-2H3. The number of hydrogen-bond acceptors (Lipinski definition) is 2. The molecular weight excluding hydrogens is 265 g/mol. The van der Waals surface area contributed by atoms with Gasteiger partial charge in [-0.05, 0) is 49.9 Å². The monoisotopic (exact) mass is 293 g/mol. The van der Waals surface area contributed by atoms with Gasteiger partial charge in [-0.2, -0.15) is 0 Å². The Labute approximate surface area is 128 Å². The van der Waals surface area contributed by atoms with Crippen molar-refractivity contribution in [2.24, 2.45) is 0 Å². The molecule has 1 N–H and O–H groups in total. The van der Waals surface area contributed by atoms with E-state index in [2.05, 4.69) is 12.2 Å². The lowest BCUT2D eigenvalue weighted by atomic mass is 9.77. The first-order valence-corrected chi connectivity index (χ1v) is 8.23. The van der Waals surface area contributed by atoms with Crippen LogP contribution in [0.1, 0.15) is 51.0 Å². The Hall–Kier alpha value is -0.930. The number of benzene rings is 1. The number of halogens is 1. The van der Waals surface area contributed by atoms with E-state index in [1.807, 2.05) is 19.2 Å². The average molecular weight is 293 g/mol. The smallest absolute Gasteiger partial charge is 0.123 e. The largest absolute Gasteiger partial charge is 0.377 e. The first-order valence-electron chi connectivity index (χ1n) is 8.23. The maximum absolute atomic E-state index is 13.1. The van der Waals surface area contributed by atoms with Gasteiger partial charge < -0.3 is 10.1 Å². The van der Waals surface area contributed by atoms with Gasteiger partial charge in [0.05, 0.1) is 5.60 Å². The van der Waals surface area contributed by atoms with Crippen LogP contribution in [0, 0.1) is 5.82 Å². The summed E-state index contributed by atoms with van der Waals surface area (Å²) < 4.78 is 19.1.